The van der Waals surface area contributed by atoms with Crippen LogP contribution in [0.5, 0.6) is 0 Å². The maximum Gasteiger partial charge on any atom is 0.337 e. The van der Waals surface area contributed by atoms with E-state index >= 15 is 0 Å². The van der Waals surface area contributed by atoms with E-state index in [1.165, 1.54) is 7.11 Å². The van der Waals surface area contributed by atoms with Crippen LogP contribution in [0.1, 0.15) is 35.7 Å². The number of nitrogens with zero attached hydrogens (tertiary/aromatic N) is 1. The monoisotopic (exact) mass is 416 g/mol. The van der Waals surface area contributed by atoms with Gasteiger partial charge in [-0.2, -0.15) is 0 Å². The van der Waals surface area contributed by atoms with Gasteiger partial charge in [0.15, 0.2) is 0 Å². The second kappa shape index (κ2) is 8.65. The molecule has 3 rings (SSSR count). The number of sulfonamides is 1. The lowest BCUT2D eigenvalue weighted by Crippen LogP contribution is -2.42. The predicted octanol–water partition coefficient (Wildman–Crippen LogP) is 2.87. The maximum atomic E-state index is 12.3. The Morgan fingerprint density at radius 2 is 1.59 bits per heavy atom. The van der Waals surface area contributed by atoms with E-state index in [1.54, 1.807) is 26.0 Å². The number of benzene rings is 2. The molecular formula is C22H28N2O4S. The number of esters is 1. The molecule has 1 aliphatic heterocycles. The smallest absolute Gasteiger partial charge is 0.337 e. The Morgan fingerprint density at radius 3 is 2.10 bits per heavy atom. The lowest BCUT2D eigenvalue weighted by atomic mass is 9.93. The molecule has 1 fully saturated rings. The van der Waals surface area contributed by atoms with Gasteiger partial charge in [-0.25, -0.2) is 17.9 Å². The third kappa shape index (κ3) is 4.86. The first-order valence-electron chi connectivity index (χ1n) is 9.69. The van der Waals surface area contributed by atoms with Crippen LogP contribution >= 0.6 is 0 Å². The summed E-state index contributed by atoms with van der Waals surface area (Å²) in [7, 11) is 0.0479. The number of hydrogen-bond donors (Lipinski definition) is 1. The highest BCUT2D eigenvalue weighted by atomic mass is 32.2. The number of nitrogens with one attached hydrogen (secondary N) is 1. The number of ether oxygens (including phenoxy) is 1. The van der Waals surface area contributed by atoms with Crippen molar-refractivity contribution in [1.82, 2.24) is 9.62 Å². The largest absolute Gasteiger partial charge is 0.465 e. The van der Waals surface area contributed by atoms with Crippen molar-refractivity contribution < 1.29 is 17.9 Å². The Balaban J connectivity index is 1.79. The minimum Gasteiger partial charge on any atom is -0.465 e. The molecule has 2 aromatic rings. The van der Waals surface area contributed by atoms with Crippen LogP contribution in [0.15, 0.2) is 48.5 Å². The molecular weight excluding hydrogens is 388 g/mol. The highest BCUT2D eigenvalue weighted by Gasteiger charge is 2.35. The molecule has 0 aliphatic carbocycles. The minimum atomic E-state index is -3.32. The van der Waals surface area contributed by atoms with E-state index in [0.29, 0.717) is 12.1 Å². The van der Waals surface area contributed by atoms with E-state index in [2.05, 4.69) is 21.8 Å². The van der Waals surface area contributed by atoms with Crippen LogP contribution in [0.4, 0.5) is 0 Å². The molecule has 7 heteroatoms. The van der Waals surface area contributed by atoms with Crippen molar-refractivity contribution in [2.75, 3.05) is 27.2 Å². The zero-order chi connectivity index (χ0) is 21.2. The number of rotatable bonds is 6. The summed E-state index contributed by atoms with van der Waals surface area (Å²) in [6, 6.07) is 15.3. The fourth-order valence-corrected chi connectivity index (χ4v) is 4.58. The van der Waals surface area contributed by atoms with Gasteiger partial charge in [0.05, 0.1) is 17.9 Å². The third-order valence-electron chi connectivity index (χ3n) is 5.42. The number of carbonyl (C=O) groups is 1. The van der Waals surface area contributed by atoms with Crippen molar-refractivity contribution in [3.63, 3.8) is 0 Å². The van der Waals surface area contributed by atoms with E-state index in [4.69, 9.17) is 4.74 Å². The fourth-order valence-electron chi connectivity index (χ4n) is 3.64. The number of hydrogen-bond acceptors (Lipinski definition) is 5. The summed E-state index contributed by atoms with van der Waals surface area (Å²) in [6.07, 6.45) is 0. The second-order valence-electron chi connectivity index (χ2n) is 7.84. The van der Waals surface area contributed by atoms with Gasteiger partial charge in [0.25, 0.3) is 0 Å². The molecule has 0 amide bonds. The number of likely N-dealkylation sites (tertiary alicyclic amines) is 1. The first-order chi connectivity index (χ1) is 13.7. The first-order valence-corrected chi connectivity index (χ1v) is 11.2. The Kier molecular flexibility index (Phi) is 6.41. The average molecular weight is 417 g/mol. The van der Waals surface area contributed by atoms with Gasteiger partial charge in [-0.05, 0) is 49.7 Å². The lowest BCUT2D eigenvalue weighted by molar-refractivity contribution is 0.0600. The van der Waals surface area contributed by atoms with Crippen LogP contribution in [0.2, 0.25) is 0 Å². The molecule has 156 valence electrons. The summed E-state index contributed by atoms with van der Waals surface area (Å²) in [5.74, 6) is -0.253. The molecule has 0 unspecified atom stereocenters. The summed E-state index contributed by atoms with van der Waals surface area (Å²) in [5, 5.41) is -0.454. The summed E-state index contributed by atoms with van der Waals surface area (Å²) >= 11 is 0. The van der Waals surface area contributed by atoms with E-state index in [-0.39, 0.29) is 17.9 Å². The number of carbonyl (C=O) groups excluding carboxylic acids is 1. The molecule has 0 radical (unpaired) electrons. The van der Waals surface area contributed by atoms with E-state index in [1.807, 2.05) is 31.3 Å². The molecule has 2 atom stereocenters. The van der Waals surface area contributed by atoms with Gasteiger partial charge < -0.3 is 9.64 Å². The molecule has 1 saturated heterocycles. The van der Waals surface area contributed by atoms with E-state index in [9.17, 15) is 13.2 Å². The SMILES string of the molecule is COC(=O)c1ccc(-c2ccc([C@H]3CN(C)C[C@@H]3NS(=O)(=O)C(C)C)cc2)cc1. The Bertz CT molecular complexity index is 953. The molecule has 6 nitrogen and oxygen atoms in total. The van der Waals surface area contributed by atoms with Crippen LogP contribution in [-0.4, -0.2) is 57.8 Å². The van der Waals surface area contributed by atoms with Crippen LogP contribution in [0.25, 0.3) is 11.1 Å². The molecule has 1 aliphatic rings. The summed E-state index contributed by atoms with van der Waals surface area (Å²) in [5.41, 5.74) is 3.67. The van der Waals surface area contributed by atoms with Crippen molar-refractivity contribution in [2.24, 2.45) is 0 Å². The van der Waals surface area contributed by atoms with Gasteiger partial charge in [-0.3, -0.25) is 0 Å². The molecule has 1 N–H and O–H groups in total. The van der Waals surface area contributed by atoms with Gasteiger partial charge in [-0.15, -0.1) is 0 Å². The molecule has 29 heavy (non-hydrogen) atoms. The quantitative estimate of drug-likeness (QED) is 0.733. The number of methoxy groups -OCH3 is 1. The van der Waals surface area contributed by atoms with Gasteiger partial charge in [-0.1, -0.05) is 36.4 Å². The van der Waals surface area contributed by atoms with E-state index in [0.717, 1.165) is 23.2 Å². The van der Waals surface area contributed by atoms with Crippen LogP contribution in [0, 0.1) is 0 Å². The number of likely N-dealkylation sites (N-methyl/N-ethyl adjacent to an activating group) is 1. The maximum absolute atomic E-state index is 12.3. The van der Waals surface area contributed by atoms with Crippen molar-refractivity contribution >= 4 is 16.0 Å². The fraction of sp³-hybridized carbons (Fsp3) is 0.409. The van der Waals surface area contributed by atoms with Crippen molar-refractivity contribution in [3.8, 4) is 11.1 Å². The van der Waals surface area contributed by atoms with Crippen LogP contribution in [-0.2, 0) is 14.8 Å². The van der Waals surface area contributed by atoms with Crippen LogP contribution < -0.4 is 4.72 Å². The summed E-state index contributed by atoms with van der Waals surface area (Å²) in [6.45, 7) is 4.87. The van der Waals surface area contributed by atoms with Crippen molar-refractivity contribution in [3.05, 3.63) is 59.7 Å². The summed E-state index contributed by atoms with van der Waals surface area (Å²) < 4.78 is 32.3. The van der Waals surface area contributed by atoms with Crippen LogP contribution in [0.3, 0.4) is 0 Å². The van der Waals surface area contributed by atoms with Crippen molar-refractivity contribution in [2.45, 2.75) is 31.1 Å². The Hall–Kier alpha value is -2.22. The van der Waals surface area contributed by atoms with Gasteiger partial charge in [0.1, 0.15) is 0 Å². The van der Waals surface area contributed by atoms with Gasteiger partial charge >= 0.3 is 5.97 Å². The highest BCUT2D eigenvalue weighted by molar-refractivity contribution is 7.90. The van der Waals surface area contributed by atoms with Gasteiger partial charge in [0.2, 0.25) is 10.0 Å². The summed E-state index contributed by atoms with van der Waals surface area (Å²) in [4.78, 5) is 13.7. The molecule has 0 bridgehead atoms. The topological polar surface area (TPSA) is 75.7 Å². The average Bonchev–Trinajstić information content (AvgIpc) is 3.07. The molecule has 0 spiro atoms. The third-order valence-corrected chi connectivity index (χ3v) is 7.29. The molecule has 2 aromatic carbocycles. The highest BCUT2D eigenvalue weighted by Crippen LogP contribution is 2.30. The zero-order valence-corrected chi connectivity index (χ0v) is 18.1. The van der Waals surface area contributed by atoms with Crippen molar-refractivity contribution in [1.29, 1.82) is 0 Å². The standard InChI is InChI=1S/C22H28N2O4S/c1-15(2)29(26,27)23-21-14-24(3)13-20(21)18-9-5-16(6-10-18)17-7-11-19(12-8-17)22(25)28-4/h5-12,15,20-21,23H,13-14H2,1-4H3/t20-,21+/m1/s1. The Labute approximate surface area is 172 Å². The predicted molar refractivity (Wildman–Crippen MR) is 114 cm³/mol. The lowest BCUT2D eigenvalue weighted by Gasteiger charge is -2.22. The molecule has 1 heterocycles. The second-order valence-corrected chi connectivity index (χ2v) is 10.1. The molecule has 0 aromatic heterocycles. The molecule has 0 saturated carbocycles. The zero-order valence-electron chi connectivity index (χ0n) is 17.3. The first kappa shape index (κ1) is 21.5. The Morgan fingerprint density at radius 1 is 1.03 bits per heavy atom. The normalized spacial score (nSPS) is 20.2. The minimum absolute atomic E-state index is 0.101. The van der Waals surface area contributed by atoms with E-state index < -0.39 is 15.3 Å². The van der Waals surface area contributed by atoms with Gasteiger partial charge in [0, 0.05) is 25.0 Å².